The highest BCUT2D eigenvalue weighted by atomic mass is 16.1. The van der Waals surface area contributed by atoms with Gasteiger partial charge in [-0.05, 0) is 18.2 Å². The summed E-state index contributed by atoms with van der Waals surface area (Å²) < 4.78 is 0. The van der Waals surface area contributed by atoms with Crippen molar-refractivity contribution in [3.05, 3.63) is 28.6 Å². The fraction of sp³-hybridized carbons (Fsp3) is 0.308. The lowest BCUT2D eigenvalue weighted by Crippen LogP contribution is -2.31. The summed E-state index contributed by atoms with van der Waals surface area (Å²) in [6.45, 7) is 1.70. The topological polar surface area (TPSA) is 104 Å². The van der Waals surface area contributed by atoms with E-state index in [1.165, 1.54) is 0 Å². The minimum absolute atomic E-state index is 0.0170. The lowest BCUT2D eigenvalue weighted by Gasteiger charge is -2.20. The average Bonchev–Trinajstić information content (AvgIpc) is 2.64. The van der Waals surface area contributed by atoms with Gasteiger partial charge < -0.3 is 16.0 Å². The van der Waals surface area contributed by atoms with E-state index in [1.54, 1.807) is 18.2 Å². The number of carbonyl (C=O) groups excluding carboxylic acids is 1. The SMILES string of the molecule is Nc1ccc2nc(N3CCNC(=O)CC3)[nH]c(=O)c2c1. The first-order valence-electron chi connectivity index (χ1n) is 6.45. The highest BCUT2D eigenvalue weighted by Gasteiger charge is 2.16. The van der Waals surface area contributed by atoms with Crippen LogP contribution >= 0.6 is 0 Å². The van der Waals surface area contributed by atoms with Gasteiger partial charge in [0.2, 0.25) is 11.9 Å². The first-order chi connectivity index (χ1) is 9.63. The molecule has 0 radical (unpaired) electrons. The molecule has 7 nitrogen and oxygen atoms in total. The molecule has 1 aliphatic rings. The first kappa shape index (κ1) is 12.5. The van der Waals surface area contributed by atoms with E-state index in [4.69, 9.17) is 5.73 Å². The number of hydrogen-bond acceptors (Lipinski definition) is 5. The van der Waals surface area contributed by atoms with Gasteiger partial charge in [-0.2, -0.15) is 0 Å². The molecule has 1 aliphatic heterocycles. The Kier molecular flexibility index (Phi) is 3.02. The highest BCUT2D eigenvalue weighted by molar-refractivity contribution is 5.82. The quantitative estimate of drug-likeness (QED) is 0.626. The minimum atomic E-state index is -0.221. The molecule has 2 aromatic rings. The van der Waals surface area contributed by atoms with Crippen LogP contribution in [0.3, 0.4) is 0 Å². The van der Waals surface area contributed by atoms with Crippen LogP contribution in [-0.4, -0.2) is 35.5 Å². The normalized spacial score (nSPS) is 16.0. The van der Waals surface area contributed by atoms with Crippen LogP contribution < -0.4 is 21.5 Å². The summed E-state index contributed by atoms with van der Waals surface area (Å²) in [5, 5.41) is 3.26. The van der Waals surface area contributed by atoms with Gasteiger partial charge in [0, 0.05) is 31.7 Å². The number of H-pyrrole nitrogens is 1. The summed E-state index contributed by atoms with van der Waals surface area (Å²) in [6.07, 6.45) is 0.392. The number of aromatic nitrogens is 2. The van der Waals surface area contributed by atoms with Gasteiger partial charge >= 0.3 is 0 Å². The second-order valence-corrected chi connectivity index (χ2v) is 4.75. The number of fused-ring (bicyclic) bond motifs is 1. The Morgan fingerprint density at radius 1 is 1.25 bits per heavy atom. The number of benzene rings is 1. The maximum atomic E-state index is 12.1. The zero-order valence-corrected chi connectivity index (χ0v) is 10.8. The van der Waals surface area contributed by atoms with Crippen LogP contribution in [0.2, 0.25) is 0 Å². The van der Waals surface area contributed by atoms with Crippen molar-refractivity contribution in [2.24, 2.45) is 0 Å². The second-order valence-electron chi connectivity index (χ2n) is 4.75. The molecule has 104 valence electrons. The number of nitrogen functional groups attached to an aromatic ring is 1. The second kappa shape index (κ2) is 4.84. The molecule has 1 aromatic heterocycles. The van der Waals surface area contributed by atoms with Gasteiger partial charge in [-0.3, -0.25) is 14.6 Å². The largest absolute Gasteiger partial charge is 0.399 e. The van der Waals surface area contributed by atoms with Crippen molar-refractivity contribution in [2.75, 3.05) is 30.3 Å². The molecule has 20 heavy (non-hydrogen) atoms. The van der Waals surface area contributed by atoms with Crippen LogP contribution in [0.5, 0.6) is 0 Å². The number of nitrogens with one attached hydrogen (secondary N) is 2. The first-order valence-corrected chi connectivity index (χ1v) is 6.45. The number of hydrogen-bond donors (Lipinski definition) is 3. The summed E-state index contributed by atoms with van der Waals surface area (Å²) in [5.74, 6) is 0.507. The van der Waals surface area contributed by atoms with Crippen molar-refractivity contribution in [1.82, 2.24) is 15.3 Å². The Morgan fingerprint density at radius 2 is 2.10 bits per heavy atom. The lowest BCUT2D eigenvalue weighted by molar-refractivity contribution is -0.120. The zero-order valence-electron chi connectivity index (χ0n) is 10.8. The van der Waals surface area contributed by atoms with Gasteiger partial charge in [0.05, 0.1) is 10.9 Å². The Balaban J connectivity index is 2.02. The van der Waals surface area contributed by atoms with Crippen LogP contribution in [0.4, 0.5) is 11.6 Å². The number of rotatable bonds is 1. The van der Waals surface area contributed by atoms with Crippen LogP contribution in [0.25, 0.3) is 10.9 Å². The van der Waals surface area contributed by atoms with E-state index in [9.17, 15) is 9.59 Å². The van der Waals surface area contributed by atoms with Crippen molar-refractivity contribution in [3.8, 4) is 0 Å². The molecule has 0 spiro atoms. The molecular weight excluding hydrogens is 258 g/mol. The molecule has 0 unspecified atom stereocenters. The molecule has 1 saturated heterocycles. The molecule has 1 fully saturated rings. The molecule has 1 amide bonds. The predicted octanol–water partition coefficient (Wildman–Crippen LogP) is -0.168. The monoisotopic (exact) mass is 273 g/mol. The van der Waals surface area contributed by atoms with Gasteiger partial charge in [-0.1, -0.05) is 0 Å². The van der Waals surface area contributed by atoms with Crippen LogP contribution in [-0.2, 0) is 4.79 Å². The van der Waals surface area contributed by atoms with E-state index in [2.05, 4.69) is 15.3 Å². The average molecular weight is 273 g/mol. The highest BCUT2D eigenvalue weighted by Crippen LogP contribution is 2.15. The van der Waals surface area contributed by atoms with E-state index in [0.29, 0.717) is 48.6 Å². The predicted molar refractivity (Wildman–Crippen MR) is 76.6 cm³/mol. The molecule has 0 aliphatic carbocycles. The summed E-state index contributed by atoms with van der Waals surface area (Å²) in [6, 6.07) is 5.05. The van der Waals surface area contributed by atoms with Gasteiger partial charge in [-0.15, -0.1) is 0 Å². The minimum Gasteiger partial charge on any atom is -0.399 e. The Morgan fingerprint density at radius 3 is 2.95 bits per heavy atom. The number of carbonyl (C=O) groups is 1. The van der Waals surface area contributed by atoms with Crippen molar-refractivity contribution in [2.45, 2.75) is 6.42 Å². The van der Waals surface area contributed by atoms with E-state index in [1.807, 2.05) is 4.90 Å². The summed E-state index contributed by atoms with van der Waals surface area (Å²) in [7, 11) is 0. The van der Waals surface area contributed by atoms with Gasteiger partial charge in [-0.25, -0.2) is 4.98 Å². The Labute approximate surface area is 114 Å². The number of anilines is 2. The van der Waals surface area contributed by atoms with Crippen molar-refractivity contribution < 1.29 is 4.79 Å². The summed E-state index contributed by atoms with van der Waals surface area (Å²) >= 11 is 0. The molecule has 0 atom stereocenters. The van der Waals surface area contributed by atoms with E-state index in [0.717, 1.165) is 0 Å². The zero-order chi connectivity index (χ0) is 14.1. The third-order valence-corrected chi connectivity index (χ3v) is 3.33. The fourth-order valence-electron chi connectivity index (χ4n) is 2.27. The lowest BCUT2D eigenvalue weighted by atomic mass is 10.2. The summed E-state index contributed by atoms with van der Waals surface area (Å²) in [4.78, 5) is 32.5. The van der Waals surface area contributed by atoms with Crippen molar-refractivity contribution in [3.63, 3.8) is 0 Å². The third kappa shape index (κ3) is 2.29. The smallest absolute Gasteiger partial charge is 0.260 e. The molecule has 1 aromatic carbocycles. The summed E-state index contributed by atoms with van der Waals surface area (Å²) in [5.41, 5.74) is 6.58. The standard InChI is InChI=1S/C13H15N5O2/c14-8-1-2-10-9(7-8)12(20)17-13(16-10)18-5-3-11(19)15-4-6-18/h1-2,7H,3-6,14H2,(H,15,19)(H,16,17,20). The van der Waals surface area contributed by atoms with Crippen LogP contribution in [0.1, 0.15) is 6.42 Å². The van der Waals surface area contributed by atoms with E-state index >= 15 is 0 Å². The van der Waals surface area contributed by atoms with Crippen LogP contribution in [0, 0.1) is 0 Å². The third-order valence-electron chi connectivity index (χ3n) is 3.33. The van der Waals surface area contributed by atoms with Gasteiger partial charge in [0.1, 0.15) is 0 Å². The van der Waals surface area contributed by atoms with Gasteiger partial charge in [0.25, 0.3) is 5.56 Å². The molecule has 0 saturated carbocycles. The Hall–Kier alpha value is -2.57. The number of amides is 1. The molecule has 7 heteroatoms. The maximum absolute atomic E-state index is 12.1. The van der Waals surface area contributed by atoms with Crippen LogP contribution in [0.15, 0.2) is 23.0 Å². The molecule has 3 rings (SSSR count). The van der Waals surface area contributed by atoms with Gasteiger partial charge in [0.15, 0.2) is 0 Å². The Bertz CT molecular complexity index is 724. The molecular formula is C13H15N5O2. The fourth-order valence-corrected chi connectivity index (χ4v) is 2.27. The number of nitrogens with zero attached hydrogens (tertiary/aromatic N) is 2. The number of nitrogens with two attached hydrogens (primary N) is 1. The molecule has 0 bridgehead atoms. The van der Waals surface area contributed by atoms with E-state index in [-0.39, 0.29) is 11.5 Å². The molecule has 2 heterocycles. The molecule has 4 N–H and O–H groups in total. The number of aromatic amines is 1. The maximum Gasteiger partial charge on any atom is 0.260 e. The van der Waals surface area contributed by atoms with E-state index < -0.39 is 0 Å². The van der Waals surface area contributed by atoms with Crippen molar-refractivity contribution in [1.29, 1.82) is 0 Å². The van der Waals surface area contributed by atoms with Crippen molar-refractivity contribution >= 4 is 28.4 Å².